The van der Waals surface area contributed by atoms with Crippen LogP contribution >= 0.6 is 0 Å². The Labute approximate surface area is 110 Å². The summed E-state index contributed by atoms with van der Waals surface area (Å²) in [6.45, 7) is 1.97. The maximum absolute atomic E-state index is 12.2. The van der Waals surface area contributed by atoms with Gasteiger partial charge in [0.05, 0.1) is 30.0 Å². The highest BCUT2D eigenvalue weighted by Gasteiger charge is 2.71. The van der Waals surface area contributed by atoms with Crippen molar-refractivity contribution in [3.63, 3.8) is 0 Å². The molecule has 0 radical (unpaired) electrons. The molecule has 1 aliphatic carbocycles. The lowest BCUT2D eigenvalue weighted by atomic mass is 10.2. The number of piperidine rings is 1. The predicted octanol–water partition coefficient (Wildman–Crippen LogP) is 0.985. The number of benzene rings is 1. The molecule has 0 N–H and O–H groups in total. The van der Waals surface area contributed by atoms with Gasteiger partial charge in [0.2, 0.25) is 11.8 Å². The van der Waals surface area contributed by atoms with Gasteiger partial charge in [0, 0.05) is 0 Å². The Morgan fingerprint density at radius 3 is 2.26 bits per heavy atom. The molecule has 2 fully saturated rings. The summed E-state index contributed by atoms with van der Waals surface area (Å²) in [4.78, 5) is 37.1. The maximum Gasteiger partial charge on any atom is 0.310 e. The summed E-state index contributed by atoms with van der Waals surface area (Å²) < 4.78 is 4.88. The van der Waals surface area contributed by atoms with Crippen LogP contribution in [0.1, 0.15) is 6.92 Å². The summed E-state index contributed by atoms with van der Waals surface area (Å²) in [7, 11) is 0. The summed E-state index contributed by atoms with van der Waals surface area (Å²) in [5, 5.41) is 0. The summed E-state index contributed by atoms with van der Waals surface area (Å²) in [6, 6.07) is 8.77. The smallest absolute Gasteiger partial charge is 0.310 e. The van der Waals surface area contributed by atoms with E-state index in [1.165, 1.54) is 4.90 Å². The lowest BCUT2D eigenvalue weighted by molar-refractivity contribution is -0.147. The van der Waals surface area contributed by atoms with Crippen LogP contribution in [0.15, 0.2) is 30.3 Å². The molecule has 1 unspecified atom stereocenters. The molecule has 1 aromatic carbocycles. The molecular weight excluding hydrogens is 246 g/mol. The average molecular weight is 259 g/mol. The van der Waals surface area contributed by atoms with Crippen molar-refractivity contribution >= 4 is 23.5 Å². The summed E-state index contributed by atoms with van der Waals surface area (Å²) in [5.74, 6) is -2.64. The van der Waals surface area contributed by atoms with E-state index in [0.29, 0.717) is 5.69 Å². The first-order valence-corrected chi connectivity index (χ1v) is 6.26. The standard InChI is InChI=1S/C14H13NO4/c1-2-19-14(18)11-9-10(11)13(17)15(12(9)16)8-6-4-3-5-7-8/h3-7,9-11H,2H2,1H3/t9-,10+,11?. The Balaban J connectivity index is 1.81. The van der Waals surface area contributed by atoms with Gasteiger partial charge in [-0.2, -0.15) is 0 Å². The Kier molecular flexibility index (Phi) is 2.62. The van der Waals surface area contributed by atoms with E-state index in [1.54, 1.807) is 31.2 Å². The minimum Gasteiger partial charge on any atom is -0.466 e. The Bertz CT molecular complexity index is 532. The zero-order valence-electron chi connectivity index (χ0n) is 10.4. The van der Waals surface area contributed by atoms with Crippen LogP contribution in [0.25, 0.3) is 0 Å². The van der Waals surface area contributed by atoms with Crippen LogP contribution in [0.2, 0.25) is 0 Å². The number of carbonyl (C=O) groups is 3. The summed E-state index contributed by atoms with van der Waals surface area (Å²) >= 11 is 0. The molecule has 1 aliphatic heterocycles. The molecule has 98 valence electrons. The van der Waals surface area contributed by atoms with Gasteiger partial charge in [0.1, 0.15) is 0 Å². The highest BCUT2D eigenvalue weighted by atomic mass is 16.5. The molecule has 2 aliphatic rings. The van der Waals surface area contributed by atoms with Crippen LogP contribution in [0.5, 0.6) is 0 Å². The highest BCUT2D eigenvalue weighted by molar-refractivity contribution is 6.27. The normalized spacial score (nSPS) is 28.3. The van der Waals surface area contributed by atoms with E-state index in [9.17, 15) is 14.4 Å². The molecule has 0 spiro atoms. The van der Waals surface area contributed by atoms with Crippen LogP contribution in [-0.4, -0.2) is 24.4 Å². The molecule has 5 heteroatoms. The van der Waals surface area contributed by atoms with Gasteiger partial charge in [-0.15, -0.1) is 0 Å². The summed E-state index contributed by atoms with van der Waals surface area (Å²) in [6.07, 6.45) is 0. The minimum atomic E-state index is -0.570. The maximum atomic E-state index is 12.2. The third kappa shape index (κ3) is 1.65. The van der Waals surface area contributed by atoms with Gasteiger partial charge < -0.3 is 4.74 Å². The molecule has 19 heavy (non-hydrogen) atoms. The first kappa shape index (κ1) is 11.9. The first-order valence-electron chi connectivity index (χ1n) is 6.26. The van der Waals surface area contributed by atoms with Gasteiger partial charge in [-0.3, -0.25) is 19.3 Å². The molecule has 3 atom stereocenters. The van der Waals surface area contributed by atoms with Crippen molar-refractivity contribution in [2.45, 2.75) is 6.92 Å². The molecule has 0 aromatic heterocycles. The predicted molar refractivity (Wildman–Crippen MR) is 66.0 cm³/mol. The molecule has 5 nitrogen and oxygen atoms in total. The minimum absolute atomic E-state index is 0.263. The second kappa shape index (κ2) is 4.19. The fourth-order valence-electron chi connectivity index (χ4n) is 2.70. The third-order valence-corrected chi connectivity index (χ3v) is 3.60. The number of hydrogen-bond donors (Lipinski definition) is 0. The lowest BCUT2D eigenvalue weighted by Gasteiger charge is -2.17. The highest BCUT2D eigenvalue weighted by Crippen LogP contribution is 2.54. The molecule has 0 bridgehead atoms. The van der Waals surface area contributed by atoms with E-state index in [-0.39, 0.29) is 18.4 Å². The lowest BCUT2D eigenvalue weighted by Crippen LogP contribution is -2.36. The first-order chi connectivity index (χ1) is 9.16. The number of esters is 1. The van der Waals surface area contributed by atoms with Crippen LogP contribution in [0.3, 0.4) is 0 Å². The zero-order chi connectivity index (χ0) is 13.6. The quantitative estimate of drug-likeness (QED) is 0.599. The average Bonchev–Trinajstić information content (AvgIpc) is 3.10. The molecule has 2 amide bonds. The molecule has 1 heterocycles. The van der Waals surface area contributed by atoms with Gasteiger partial charge >= 0.3 is 5.97 Å². The van der Waals surface area contributed by atoms with Gasteiger partial charge in [-0.05, 0) is 19.1 Å². The number of hydrogen-bond acceptors (Lipinski definition) is 4. The Hall–Kier alpha value is -2.17. The van der Waals surface area contributed by atoms with Crippen molar-refractivity contribution in [3.8, 4) is 0 Å². The van der Waals surface area contributed by atoms with Crippen LogP contribution < -0.4 is 4.90 Å². The number of nitrogens with zero attached hydrogens (tertiary/aromatic N) is 1. The topological polar surface area (TPSA) is 63.7 Å². The fraction of sp³-hybridized carbons (Fsp3) is 0.357. The fourth-order valence-corrected chi connectivity index (χ4v) is 2.70. The molecular formula is C14H13NO4. The van der Waals surface area contributed by atoms with E-state index >= 15 is 0 Å². The van der Waals surface area contributed by atoms with E-state index < -0.39 is 23.7 Å². The second-order valence-corrected chi connectivity index (χ2v) is 4.68. The van der Waals surface area contributed by atoms with Crippen molar-refractivity contribution in [1.29, 1.82) is 0 Å². The molecule has 1 saturated heterocycles. The zero-order valence-corrected chi connectivity index (χ0v) is 10.4. The largest absolute Gasteiger partial charge is 0.466 e. The van der Waals surface area contributed by atoms with Crippen LogP contribution in [0.4, 0.5) is 5.69 Å². The van der Waals surface area contributed by atoms with Crippen molar-refractivity contribution < 1.29 is 19.1 Å². The number of fused-ring (bicyclic) bond motifs is 1. The summed E-state index contributed by atoms with van der Waals surface area (Å²) in [5.41, 5.74) is 0.562. The Morgan fingerprint density at radius 1 is 1.16 bits per heavy atom. The molecule has 1 aromatic rings. The monoisotopic (exact) mass is 259 g/mol. The van der Waals surface area contributed by atoms with Gasteiger partial charge in [0.15, 0.2) is 0 Å². The third-order valence-electron chi connectivity index (χ3n) is 3.60. The van der Waals surface area contributed by atoms with Crippen LogP contribution in [0, 0.1) is 17.8 Å². The number of rotatable bonds is 3. The second-order valence-electron chi connectivity index (χ2n) is 4.68. The van der Waals surface area contributed by atoms with Crippen molar-refractivity contribution in [2.24, 2.45) is 17.8 Å². The van der Waals surface area contributed by atoms with Crippen molar-refractivity contribution in [1.82, 2.24) is 0 Å². The van der Waals surface area contributed by atoms with Gasteiger partial charge in [0.25, 0.3) is 0 Å². The van der Waals surface area contributed by atoms with Gasteiger partial charge in [-0.1, -0.05) is 18.2 Å². The number of imide groups is 1. The number of para-hydroxylation sites is 1. The van der Waals surface area contributed by atoms with E-state index in [4.69, 9.17) is 4.74 Å². The van der Waals surface area contributed by atoms with Crippen molar-refractivity contribution in [3.05, 3.63) is 30.3 Å². The number of amides is 2. The Morgan fingerprint density at radius 2 is 1.74 bits per heavy atom. The molecule has 3 rings (SSSR count). The van der Waals surface area contributed by atoms with E-state index in [0.717, 1.165) is 0 Å². The number of anilines is 1. The van der Waals surface area contributed by atoms with E-state index in [2.05, 4.69) is 0 Å². The number of ether oxygens (including phenoxy) is 1. The van der Waals surface area contributed by atoms with Crippen molar-refractivity contribution in [2.75, 3.05) is 11.5 Å². The van der Waals surface area contributed by atoms with Crippen LogP contribution in [-0.2, 0) is 19.1 Å². The molecule has 1 saturated carbocycles. The van der Waals surface area contributed by atoms with Gasteiger partial charge in [-0.25, -0.2) is 0 Å². The number of carbonyl (C=O) groups excluding carboxylic acids is 3. The SMILES string of the molecule is CCOC(=O)C1[C@H]2C(=O)N(c3ccccc3)C(=O)[C@@H]12. The van der Waals surface area contributed by atoms with E-state index in [1.807, 2.05) is 6.07 Å².